The number of rotatable bonds is 4. The van der Waals surface area contributed by atoms with Crippen LogP contribution >= 0.6 is 0 Å². The van der Waals surface area contributed by atoms with Crippen molar-refractivity contribution in [2.75, 3.05) is 7.05 Å². The van der Waals surface area contributed by atoms with Gasteiger partial charge in [-0.1, -0.05) is 12.5 Å². The lowest BCUT2D eigenvalue weighted by Crippen LogP contribution is -2.36. The summed E-state index contributed by atoms with van der Waals surface area (Å²) in [5, 5.41) is 9.06. The SMILES string of the molecule is CN(Cc1ccc(F)cc1F)C(=O)C1CCCC(C(=O)O)C1. The van der Waals surface area contributed by atoms with Crippen molar-refractivity contribution in [2.24, 2.45) is 11.8 Å². The quantitative estimate of drug-likeness (QED) is 0.930. The molecule has 22 heavy (non-hydrogen) atoms. The third-order valence-corrected chi connectivity index (χ3v) is 4.17. The molecule has 2 unspecified atom stereocenters. The number of carbonyl (C=O) groups excluding carboxylic acids is 1. The molecule has 2 rings (SSSR count). The molecule has 2 atom stereocenters. The Hall–Kier alpha value is -1.98. The van der Waals surface area contributed by atoms with E-state index >= 15 is 0 Å². The van der Waals surface area contributed by atoms with Crippen LogP contribution in [0.1, 0.15) is 31.2 Å². The van der Waals surface area contributed by atoms with Crippen LogP contribution in [-0.2, 0) is 16.1 Å². The van der Waals surface area contributed by atoms with Gasteiger partial charge in [-0.15, -0.1) is 0 Å². The molecule has 1 N–H and O–H groups in total. The largest absolute Gasteiger partial charge is 0.481 e. The van der Waals surface area contributed by atoms with Gasteiger partial charge in [0.2, 0.25) is 5.91 Å². The van der Waals surface area contributed by atoms with Gasteiger partial charge in [0.1, 0.15) is 11.6 Å². The second kappa shape index (κ2) is 6.85. The van der Waals surface area contributed by atoms with Crippen LogP contribution in [0.25, 0.3) is 0 Å². The summed E-state index contributed by atoms with van der Waals surface area (Å²) in [6.45, 7) is 0.0409. The van der Waals surface area contributed by atoms with E-state index in [-0.39, 0.29) is 23.9 Å². The van der Waals surface area contributed by atoms with Crippen molar-refractivity contribution in [2.45, 2.75) is 32.2 Å². The molecule has 1 amide bonds. The molecule has 1 saturated carbocycles. The van der Waals surface area contributed by atoms with E-state index in [2.05, 4.69) is 0 Å². The number of benzene rings is 1. The van der Waals surface area contributed by atoms with E-state index in [1.165, 1.54) is 11.0 Å². The van der Waals surface area contributed by atoms with Crippen LogP contribution < -0.4 is 0 Å². The van der Waals surface area contributed by atoms with Crippen molar-refractivity contribution in [1.82, 2.24) is 4.90 Å². The second-order valence-corrected chi connectivity index (χ2v) is 5.83. The van der Waals surface area contributed by atoms with Crippen LogP contribution in [0.4, 0.5) is 8.78 Å². The van der Waals surface area contributed by atoms with Gasteiger partial charge in [0.25, 0.3) is 0 Å². The molecule has 1 fully saturated rings. The molecule has 0 bridgehead atoms. The molecule has 4 nitrogen and oxygen atoms in total. The van der Waals surface area contributed by atoms with Crippen molar-refractivity contribution >= 4 is 11.9 Å². The average Bonchev–Trinajstić information content (AvgIpc) is 2.49. The number of nitrogens with zero attached hydrogens (tertiary/aromatic N) is 1. The maximum absolute atomic E-state index is 13.6. The summed E-state index contributed by atoms with van der Waals surface area (Å²) >= 11 is 0. The van der Waals surface area contributed by atoms with Crippen molar-refractivity contribution in [3.8, 4) is 0 Å². The molecule has 1 aliphatic rings. The minimum absolute atomic E-state index is 0.0409. The Morgan fingerprint density at radius 2 is 1.95 bits per heavy atom. The fraction of sp³-hybridized carbons (Fsp3) is 0.500. The van der Waals surface area contributed by atoms with Gasteiger partial charge in [-0.25, -0.2) is 8.78 Å². The van der Waals surface area contributed by atoms with Gasteiger partial charge in [0.15, 0.2) is 0 Å². The van der Waals surface area contributed by atoms with Crippen molar-refractivity contribution < 1.29 is 23.5 Å². The number of carbonyl (C=O) groups is 2. The molecule has 0 spiro atoms. The van der Waals surface area contributed by atoms with Crippen molar-refractivity contribution in [3.05, 3.63) is 35.4 Å². The Balaban J connectivity index is 2.01. The number of hydrogen-bond acceptors (Lipinski definition) is 2. The molecule has 120 valence electrons. The fourth-order valence-electron chi connectivity index (χ4n) is 2.93. The number of hydrogen-bond donors (Lipinski definition) is 1. The maximum Gasteiger partial charge on any atom is 0.306 e. The van der Waals surface area contributed by atoms with Gasteiger partial charge < -0.3 is 10.0 Å². The third kappa shape index (κ3) is 3.81. The predicted molar refractivity (Wildman–Crippen MR) is 75.9 cm³/mol. The Morgan fingerprint density at radius 1 is 1.27 bits per heavy atom. The first kappa shape index (κ1) is 16.4. The van der Waals surface area contributed by atoms with Crippen LogP contribution in [0.2, 0.25) is 0 Å². The van der Waals surface area contributed by atoms with E-state index in [1.54, 1.807) is 7.05 Å². The highest BCUT2D eigenvalue weighted by Crippen LogP contribution is 2.30. The molecule has 0 aliphatic heterocycles. The summed E-state index contributed by atoms with van der Waals surface area (Å²) < 4.78 is 26.5. The molecule has 6 heteroatoms. The Morgan fingerprint density at radius 3 is 2.59 bits per heavy atom. The first-order chi connectivity index (χ1) is 10.4. The molecule has 0 heterocycles. The fourth-order valence-corrected chi connectivity index (χ4v) is 2.93. The smallest absolute Gasteiger partial charge is 0.306 e. The van der Waals surface area contributed by atoms with Gasteiger partial charge in [0, 0.05) is 31.1 Å². The van der Waals surface area contributed by atoms with Gasteiger partial charge in [-0.3, -0.25) is 9.59 Å². The summed E-state index contributed by atoms with van der Waals surface area (Å²) in [6.07, 6.45) is 2.27. The van der Waals surface area contributed by atoms with E-state index in [4.69, 9.17) is 5.11 Å². The normalized spacial score (nSPS) is 21.4. The zero-order valence-electron chi connectivity index (χ0n) is 12.4. The van der Waals surface area contributed by atoms with E-state index in [0.717, 1.165) is 12.1 Å². The Bertz CT molecular complexity index is 577. The zero-order chi connectivity index (χ0) is 16.3. The second-order valence-electron chi connectivity index (χ2n) is 5.83. The van der Waals surface area contributed by atoms with Gasteiger partial charge in [0.05, 0.1) is 5.92 Å². The number of aliphatic carboxylic acids is 1. The summed E-state index contributed by atoms with van der Waals surface area (Å²) in [6, 6.07) is 3.25. The number of carboxylic acids is 1. The predicted octanol–water partition coefficient (Wildman–Crippen LogP) is 2.81. The van der Waals surface area contributed by atoms with Gasteiger partial charge in [-0.2, -0.15) is 0 Å². The molecule has 0 aromatic heterocycles. The molecule has 0 saturated heterocycles. The highest BCUT2D eigenvalue weighted by Gasteiger charge is 2.32. The highest BCUT2D eigenvalue weighted by atomic mass is 19.1. The number of amides is 1. The van der Waals surface area contributed by atoms with Gasteiger partial charge in [-0.05, 0) is 25.3 Å². The standard InChI is InChI=1S/C16H19F2NO3/c1-19(9-12-5-6-13(17)8-14(12)18)15(20)10-3-2-4-11(7-10)16(21)22/h5-6,8,10-11H,2-4,7,9H2,1H3,(H,21,22). The summed E-state index contributed by atoms with van der Waals surface area (Å²) in [5.74, 6) is -3.24. The Kier molecular flexibility index (Phi) is 5.11. The molecular weight excluding hydrogens is 292 g/mol. The van der Waals surface area contributed by atoms with E-state index in [0.29, 0.717) is 25.7 Å². The van der Waals surface area contributed by atoms with Crippen molar-refractivity contribution in [1.29, 1.82) is 0 Å². The molecule has 1 aromatic carbocycles. The molecule has 1 aliphatic carbocycles. The topological polar surface area (TPSA) is 57.6 Å². The van der Waals surface area contributed by atoms with Crippen LogP contribution in [0, 0.1) is 23.5 Å². The lowest BCUT2D eigenvalue weighted by atomic mass is 9.81. The zero-order valence-corrected chi connectivity index (χ0v) is 12.4. The first-order valence-corrected chi connectivity index (χ1v) is 7.30. The van der Waals surface area contributed by atoms with Crippen LogP contribution in [0.3, 0.4) is 0 Å². The van der Waals surface area contributed by atoms with Gasteiger partial charge >= 0.3 is 5.97 Å². The Labute approximate surface area is 127 Å². The molecule has 0 radical (unpaired) electrons. The van der Waals surface area contributed by atoms with E-state index in [9.17, 15) is 18.4 Å². The average molecular weight is 311 g/mol. The monoisotopic (exact) mass is 311 g/mol. The minimum Gasteiger partial charge on any atom is -0.481 e. The third-order valence-electron chi connectivity index (χ3n) is 4.17. The summed E-state index contributed by atoms with van der Waals surface area (Å²) in [5.41, 5.74) is 0.239. The lowest BCUT2D eigenvalue weighted by molar-refractivity contribution is -0.145. The van der Waals surface area contributed by atoms with Crippen molar-refractivity contribution in [3.63, 3.8) is 0 Å². The maximum atomic E-state index is 13.6. The van der Waals surface area contributed by atoms with E-state index in [1.807, 2.05) is 0 Å². The number of halogens is 2. The summed E-state index contributed by atoms with van der Waals surface area (Å²) in [4.78, 5) is 24.8. The van der Waals surface area contributed by atoms with E-state index < -0.39 is 23.5 Å². The van der Waals surface area contributed by atoms with Crippen LogP contribution in [0.5, 0.6) is 0 Å². The first-order valence-electron chi connectivity index (χ1n) is 7.30. The molecular formula is C16H19F2NO3. The van der Waals surface area contributed by atoms with Crippen LogP contribution in [-0.4, -0.2) is 28.9 Å². The molecule has 1 aromatic rings. The number of carboxylic acid groups (broad SMARTS) is 1. The van der Waals surface area contributed by atoms with Crippen LogP contribution in [0.15, 0.2) is 18.2 Å². The lowest BCUT2D eigenvalue weighted by Gasteiger charge is -2.29. The highest BCUT2D eigenvalue weighted by molar-refractivity contribution is 5.80. The minimum atomic E-state index is -0.871. The summed E-state index contributed by atoms with van der Waals surface area (Å²) in [7, 11) is 1.55.